The minimum atomic E-state index is -3.35. The highest BCUT2D eigenvalue weighted by molar-refractivity contribution is 7.89. The fourth-order valence-corrected chi connectivity index (χ4v) is 4.30. The number of benzene rings is 1. The van der Waals surface area contributed by atoms with E-state index in [0.717, 1.165) is 32.1 Å². The first kappa shape index (κ1) is 15.5. The van der Waals surface area contributed by atoms with Gasteiger partial charge in [0.15, 0.2) is 0 Å². The summed E-state index contributed by atoms with van der Waals surface area (Å²) in [6, 6.07) is 7.46. The molecule has 1 aliphatic carbocycles. The molecule has 112 valence electrons. The highest BCUT2D eigenvalue weighted by atomic mass is 32.2. The number of rotatable bonds is 4. The topological polar surface area (TPSA) is 37.4 Å². The van der Waals surface area contributed by atoms with Gasteiger partial charge < -0.3 is 0 Å². The van der Waals surface area contributed by atoms with Crippen LogP contribution in [0.1, 0.15) is 51.0 Å². The van der Waals surface area contributed by atoms with Gasteiger partial charge in [0.2, 0.25) is 10.0 Å². The molecule has 1 aromatic carbocycles. The van der Waals surface area contributed by atoms with Crippen molar-refractivity contribution in [3.63, 3.8) is 0 Å². The molecule has 1 fully saturated rings. The molecule has 0 aliphatic heterocycles. The predicted molar refractivity (Wildman–Crippen MR) is 82.3 cm³/mol. The van der Waals surface area contributed by atoms with Crippen molar-refractivity contribution in [3.05, 3.63) is 29.8 Å². The molecule has 0 N–H and O–H groups in total. The van der Waals surface area contributed by atoms with Gasteiger partial charge in [-0.15, -0.1) is 0 Å². The van der Waals surface area contributed by atoms with Gasteiger partial charge in [-0.2, -0.15) is 4.31 Å². The zero-order valence-electron chi connectivity index (χ0n) is 12.5. The summed E-state index contributed by atoms with van der Waals surface area (Å²) < 4.78 is 26.9. The molecule has 0 aromatic heterocycles. The quantitative estimate of drug-likeness (QED) is 0.796. The maximum absolute atomic E-state index is 12.7. The van der Waals surface area contributed by atoms with Crippen LogP contribution in [0.2, 0.25) is 0 Å². The van der Waals surface area contributed by atoms with E-state index in [1.54, 1.807) is 23.5 Å². The van der Waals surface area contributed by atoms with Crippen LogP contribution in [0.5, 0.6) is 0 Å². The van der Waals surface area contributed by atoms with E-state index >= 15 is 0 Å². The van der Waals surface area contributed by atoms with Gasteiger partial charge in [-0.25, -0.2) is 8.42 Å². The Morgan fingerprint density at radius 1 is 1.05 bits per heavy atom. The number of nitrogens with zero attached hydrogens (tertiary/aromatic N) is 1. The second kappa shape index (κ2) is 6.72. The molecular weight excluding hydrogens is 270 g/mol. The van der Waals surface area contributed by atoms with Gasteiger partial charge >= 0.3 is 0 Å². The maximum atomic E-state index is 12.7. The van der Waals surface area contributed by atoms with Crippen LogP contribution in [0.4, 0.5) is 0 Å². The van der Waals surface area contributed by atoms with Gasteiger partial charge in [0.05, 0.1) is 4.90 Å². The molecule has 0 heterocycles. The Morgan fingerprint density at radius 3 is 2.10 bits per heavy atom. The zero-order valence-corrected chi connectivity index (χ0v) is 13.3. The third-order valence-corrected chi connectivity index (χ3v) is 6.27. The van der Waals surface area contributed by atoms with Crippen molar-refractivity contribution >= 4 is 10.0 Å². The molecule has 20 heavy (non-hydrogen) atoms. The molecule has 0 amide bonds. The highest BCUT2D eigenvalue weighted by Gasteiger charge is 2.28. The molecule has 1 aromatic rings. The number of aryl methyl sites for hydroxylation is 1. The molecule has 0 bridgehead atoms. The fraction of sp³-hybridized carbons (Fsp3) is 0.625. The van der Waals surface area contributed by atoms with Gasteiger partial charge in [-0.1, -0.05) is 44.7 Å². The summed E-state index contributed by atoms with van der Waals surface area (Å²) in [5.74, 6) is 0. The Morgan fingerprint density at radius 2 is 1.60 bits per heavy atom. The lowest BCUT2D eigenvalue weighted by Crippen LogP contribution is -2.36. The van der Waals surface area contributed by atoms with Crippen LogP contribution in [0, 0.1) is 0 Å². The summed E-state index contributed by atoms with van der Waals surface area (Å²) in [5.41, 5.74) is 1.17. The Bertz CT molecular complexity index is 514. The minimum Gasteiger partial charge on any atom is -0.207 e. The average molecular weight is 295 g/mol. The lowest BCUT2D eigenvalue weighted by Gasteiger charge is -2.26. The predicted octanol–water partition coefficient (Wildman–Crippen LogP) is 3.59. The van der Waals surface area contributed by atoms with Gasteiger partial charge in [-0.3, -0.25) is 0 Å². The summed E-state index contributed by atoms with van der Waals surface area (Å²) in [6.45, 7) is 2.07. The summed E-state index contributed by atoms with van der Waals surface area (Å²) >= 11 is 0. The SMILES string of the molecule is CCc1ccc(S(=O)(=O)N(C)C2CCCCCC2)cc1. The fourth-order valence-electron chi connectivity index (χ4n) is 2.88. The van der Waals surface area contributed by atoms with E-state index < -0.39 is 10.0 Å². The van der Waals surface area contributed by atoms with Crippen molar-refractivity contribution in [1.29, 1.82) is 0 Å². The number of hydrogen-bond acceptors (Lipinski definition) is 2. The first-order valence-corrected chi connectivity index (χ1v) is 9.06. The Labute approximate surface area is 123 Å². The van der Waals surface area contributed by atoms with E-state index in [0.29, 0.717) is 4.90 Å². The molecule has 0 radical (unpaired) electrons. The molecule has 0 unspecified atom stereocenters. The van der Waals surface area contributed by atoms with Gasteiger partial charge in [0, 0.05) is 13.1 Å². The molecule has 4 heteroatoms. The summed E-state index contributed by atoms with van der Waals surface area (Å²) in [6.07, 6.45) is 7.65. The first-order chi connectivity index (χ1) is 9.55. The zero-order chi connectivity index (χ0) is 14.6. The molecule has 3 nitrogen and oxygen atoms in total. The molecule has 0 atom stereocenters. The summed E-state index contributed by atoms with van der Waals surface area (Å²) in [5, 5.41) is 0. The van der Waals surface area contributed by atoms with E-state index in [9.17, 15) is 8.42 Å². The third-order valence-electron chi connectivity index (χ3n) is 4.35. The summed E-state index contributed by atoms with van der Waals surface area (Å²) in [4.78, 5) is 0.418. The Balaban J connectivity index is 2.18. The normalized spacial score (nSPS) is 18.1. The van der Waals surface area contributed by atoms with Crippen molar-refractivity contribution in [1.82, 2.24) is 4.31 Å². The Kier molecular flexibility index (Phi) is 5.22. The minimum absolute atomic E-state index is 0.161. The van der Waals surface area contributed by atoms with Crippen LogP contribution in [0.25, 0.3) is 0 Å². The average Bonchev–Trinajstić information content (AvgIpc) is 2.75. The lowest BCUT2D eigenvalue weighted by atomic mass is 10.1. The van der Waals surface area contributed by atoms with Crippen LogP contribution in [-0.4, -0.2) is 25.8 Å². The second-order valence-corrected chi connectivity index (χ2v) is 7.66. The van der Waals surface area contributed by atoms with Crippen molar-refractivity contribution < 1.29 is 8.42 Å². The van der Waals surface area contributed by atoms with E-state index in [1.807, 2.05) is 12.1 Å². The van der Waals surface area contributed by atoms with Crippen LogP contribution in [0.15, 0.2) is 29.2 Å². The van der Waals surface area contributed by atoms with E-state index in [-0.39, 0.29) is 6.04 Å². The monoisotopic (exact) mass is 295 g/mol. The molecule has 2 rings (SSSR count). The van der Waals surface area contributed by atoms with Crippen molar-refractivity contribution in [2.75, 3.05) is 7.05 Å². The smallest absolute Gasteiger partial charge is 0.207 e. The number of hydrogen-bond donors (Lipinski definition) is 0. The highest BCUT2D eigenvalue weighted by Crippen LogP contribution is 2.25. The van der Waals surface area contributed by atoms with Crippen molar-refractivity contribution in [2.45, 2.75) is 62.8 Å². The van der Waals surface area contributed by atoms with Crippen LogP contribution in [-0.2, 0) is 16.4 Å². The molecule has 0 spiro atoms. The standard InChI is InChI=1S/C16H25NO2S/c1-3-14-10-12-16(13-11-14)20(18,19)17(2)15-8-6-4-5-7-9-15/h10-13,15H,3-9H2,1-2H3. The largest absolute Gasteiger partial charge is 0.243 e. The van der Waals surface area contributed by atoms with Crippen LogP contribution >= 0.6 is 0 Å². The molecule has 1 saturated carbocycles. The third kappa shape index (κ3) is 3.41. The van der Waals surface area contributed by atoms with Gasteiger partial charge in [-0.05, 0) is 37.0 Å². The molecule has 1 aliphatic rings. The van der Waals surface area contributed by atoms with E-state index in [2.05, 4.69) is 6.92 Å². The first-order valence-electron chi connectivity index (χ1n) is 7.62. The van der Waals surface area contributed by atoms with Crippen molar-refractivity contribution in [3.8, 4) is 0 Å². The summed E-state index contributed by atoms with van der Waals surface area (Å²) in [7, 11) is -1.61. The van der Waals surface area contributed by atoms with E-state index in [1.165, 1.54) is 18.4 Å². The van der Waals surface area contributed by atoms with Crippen molar-refractivity contribution in [2.24, 2.45) is 0 Å². The molecule has 0 saturated heterocycles. The van der Waals surface area contributed by atoms with Crippen LogP contribution in [0.3, 0.4) is 0 Å². The van der Waals surface area contributed by atoms with E-state index in [4.69, 9.17) is 0 Å². The van der Waals surface area contributed by atoms with Crippen LogP contribution < -0.4 is 0 Å². The Hall–Kier alpha value is -0.870. The number of sulfonamides is 1. The van der Waals surface area contributed by atoms with Gasteiger partial charge in [0.25, 0.3) is 0 Å². The van der Waals surface area contributed by atoms with Gasteiger partial charge in [0.1, 0.15) is 0 Å². The lowest BCUT2D eigenvalue weighted by molar-refractivity contribution is 0.335. The maximum Gasteiger partial charge on any atom is 0.243 e. The second-order valence-electron chi connectivity index (χ2n) is 5.66. The molecular formula is C16H25NO2S.